The van der Waals surface area contributed by atoms with Gasteiger partial charge in [-0.3, -0.25) is 4.79 Å². The average molecular weight is 305 g/mol. The van der Waals surface area contributed by atoms with E-state index in [0.29, 0.717) is 13.0 Å². The molecule has 0 saturated heterocycles. The highest BCUT2D eigenvalue weighted by atomic mass is 35.5. The molecule has 19 heavy (non-hydrogen) atoms. The van der Waals surface area contributed by atoms with Crippen LogP contribution in [0.15, 0.2) is 17.5 Å². The van der Waals surface area contributed by atoms with Crippen molar-refractivity contribution in [3.63, 3.8) is 0 Å². The molecule has 3 N–H and O–H groups in total. The van der Waals surface area contributed by atoms with Gasteiger partial charge in [-0.15, -0.1) is 23.7 Å². The van der Waals surface area contributed by atoms with E-state index < -0.39 is 0 Å². The first kappa shape index (κ1) is 18.4. The number of aryl methyl sites for hydroxylation is 1. The third-order valence-electron chi connectivity index (χ3n) is 2.86. The summed E-state index contributed by atoms with van der Waals surface area (Å²) in [6.45, 7) is 1.48. The smallest absolute Gasteiger partial charge is 0.219 e. The fraction of sp³-hybridized carbons (Fsp3) is 0.643. The van der Waals surface area contributed by atoms with E-state index in [0.717, 1.165) is 38.6 Å². The van der Waals surface area contributed by atoms with Crippen molar-refractivity contribution < 1.29 is 4.79 Å². The summed E-state index contributed by atoms with van der Waals surface area (Å²) in [6, 6.07) is 4.27. The van der Waals surface area contributed by atoms with Gasteiger partial charge < -0.3 is 11.1 Å². The lowest BCUT2D eigenvalue weighted by Crippen LogP contribution is -2.24. The van der Waals surface area contributed by atoms with Crippen molar-refractivity contribution in [2.45, 2.75) is 44.9 Å². The second-order valence-corrected chi connectivity index (χ2v) is 5.52. The van der Waals surface area contributed by atoms with Gasteiger partial charge in [-0.2, -0.15) is 0 Å². The zero-order valence-corrected chi connectivity index (χ0v) is 13.0. The van der Waals surface area contributed by atoms with E-state index in [1.807, 2.05) is 11.3 Å². The Morgan fingerprint density at radius 2 is 2.05 bits per heavy atom. The Balaban J connectivity index is 0.00000324. The summed E-state index contributed by atoms with van der Waals surface area (Å²) >= 11 is 1.81. The minimum atomic E-state index is 0. The van der Waals surface area contributed by atoms with Gasteiger partial charge in [-0.05, 0) is 50.1 Å². The fourth-order valence-electron chi connectivity index (χ4n) is 1.80. The number of unbranched alkanes of at least 4 members (excludes halogenated alkanes) is 3. The van der Waals surface area contributed by atoms with E-state index in [4.69, 9.17) is 5.73 Å². The predicted molar refractivity (Wildman–Crippen MR) is 85.0 cm³/mol. The van der Waals surface area contributed by atoms with E-state index in [1.165, 1.54) is 11.3 Å². The van der Waals surface area contributed by atoms with Gasteiger partial charge in [0.25, 0.3) is 0 Å². The Morgan fingerprint density at radius 1 is 1.21 bits per heavy atom. The van der Waals surface area contributed by atoms with E-state index in [-0.39, 0.29) is 18.3 Å². The van der Waals surface area contributed by atoms with Gasteiger partial charge in [0.2, 0.25) is 5.91 Å². The Hall–Kier alpha value is -0.580. The minimum Gasteiger partial charge on any atom is -0.356 e. The average Bonchev–Trinajstić information content (AvgIpc) is 2.87. The molecule has 1 aromatic rings. The van der Waals surface area contributed by atoms with E-state index in [2.05, 4.69) is 22.8 Å². The van der Waals surface area contributed by atoms with E-state index >= 15 is 0 Å². The summed E-state index contributed by atoms with van der Waals surface area (Å²) in [7, 11) is 0. The highest BCUT2D eigenvalue weighted by molar-refractivity contribution is 7.09. The van der Waals surface area contributed by atoms with Crippen molar-refractivity contribution in [2.75, 3.05) is 13.1 Å². The molecule has 110 valence electrons. The molecule has 1 aromatic heterocycles. The minimum absolute atomic E-state index is 0. The second kappa shape index (κ2) is 12.5. The van der Waals surface area contributed by atoms with Gasteiger partial charge in [-0.25, -0.2) is 0 Å². The van der Waals surface area contributed by atoms with Gasteiger partial charge >= 0.3 is 0 Å². The maximum absolute atomic E-state index is 11.5. The van der Waals surface area contributed by atoms with Crippen LogP contribution in [0.3, 0.4) is 0 Å². The van der Waals surface area contributed by atoms with Crippen LogP contribution in [0.1, 0.15) is 43.4 Å². The molecule has 0 aliphatic carbocycles. The standard InChI is InChI=1S/C14H24N2OS.ClH/c15-10-4-5-11-16-14(17)9-3-1-2-7-13-8-6-12-18-13;/h6,8,12H,1-5,7,9-11,15H2,(H,16,17);1H. The van der Waals surface area contributed by atoms with Gasteiger partial charge in [0, 0.05) is 17.8 Å². The second-order valence-electron chi connectivity index (χ2n) is 4.49. The normalized spacial score (nSPS) is 9.95. The topological polar surface area (TPSA) is 55.1 Å². The Bertz CT molecular complexity index is 317. The highest BCUT2D eigenvalue weighted by Crippen LogP contribution is 2.13. The fourth-order valence-corrected chi connectivity index (χ4v) is 2.55. The van der Waals surface area contributed by atoms with Crippen LogP contribution in [0.2, 0.25) is 0 Å². The van der Waals surface area contributed by atoms with Crippen LogP contribution in [0.4, 0.5) is 0 Å². The molecule has 3 nitrogen and oxygen atoms in total. The molecular formula is C14H25ClN2OS. The van der Waals surface area contributed by atoms with Crippen LogP contribution >= 0.6 is 23.7 Å². The first-order valence-electron chi connectivity index (χ1n) is 6.82. The maximum Gasteiger partial charge on any atom is 0.219 e. The Kier molecular flexibility index (Phi) is 12.1. The number of carbonyl (C=O) groups is 1. The molecule has 0 aromatic carbocycles. The summed E-state index contributed by atoms with van der Waals surface area (Å²) in [5, 5.41) is 5.04. The first-order valence-corrected chi connectivity index (χ1v) is 7.70. The zero-order valence-electron chi connectivity index (χ0n) is 11.4. The number of amides is 1. The molecule has 0 radical (unpaired) electrons. The monoisotopic (exact) mass is 304 g/mol. The van der Waals surface area contributed by atoms with Crippen LogP contribution in [-0.4, -0.2) is 19.0 Å². The Morgan fingerprint density at radius 3 is 2.74 bits per heavy atom. The Labute approximate surface area is 126 Å². The number of hydrogen-bond donors (Lipinski definition) is 2. The van der Waals surface area contributed by atoms with Crippen LogP contribution in [0.25, 0.3) is 0 Å². The third-order valence-corrected chi connectivity index (χ3v) is 3.80. The largest absolute Gasteiger partial charge is 0.356 e. The van der Waals surface area contributed by atoms with Crippen molar-refractivity contribution in [1.29, 1.82) is 0 Å². The quantitative estimate of drug-likeness (QED) is 0.653. The van der Waals surface area contributed by atoms with Gasteiger partial charge in [0.15, 0.2) is 0 Å². The van der Waals surface area contributed by atoms with Crippen molar-refractivity contribution in [3.05, 3.63) is 22.4 Å². The third kappa shape index (κ3) is 9.93. The summed E-state index contributed by atoms with van der Waals surface area (Å²) in [5.74, 6) is 0.183. The first-order chi connectivity index (χ1) is 8.83. The van der Waals surface area contributed by atoms with Crippen LogP contribution in [0, 0.1) is 0 Å². The molecule has 0 unspecified atom stereocenters. The number of rotatable bonds is 10. The van der Waals surface area contributed by atoms with Gasteiger partial charge in [-0.1, -0.05) is 12.5 Å². The SMILES string of the molecule is Cl.NCCCCNC(=O)CCCCCc1cccs1. The molecule has 1 heterocycles. The number of nitrogens with one attached hydrogen (secondary N) is 1. The lowest BCUT2D eigenvalue weighted by atomic mass is 10.1. The molecule has 1 rings (SSSR count). The molecule has 0 bridgehead atoms. The number of nitrogens with two attached hydrogens (primary N) is 1. The van der Waals surface area contributed by atoms with E-state index in [1.54, 1.807) is 0 Å². The highest BCUT2D eigenvalue weighted by Gasteiger charge is 2.00. The van der Waals surface area contributed by atoms with Crippen molar-refractivity contribution in [1.82, 2.24) is 5.32 Å². The molecule has 0 aliphatic heterocycles. The zero-order chi connectivity index (χ0) is 13.1. The number of carbonyl (C=O) groups excluding carboxylic acids is 1. The maximum atomic E-state index is 11.5. The van der Waals surface area contributed by atoms with Crippen LogP contribution in [-0.2, 0) is 11.2 Å². The molecule has 1 amide bonds. The summed E-state index contributed by atoms with van der Waals surface area (Å²) in [5.41, 5.74) is 5.39. The van der Waals surface area contributed by atoms with Gasteiger partial charge in [0.1, 0.15) is 0 Å². The molecule has 0 saturated carbocycles. The van der Waals surface area contributed by atoms with Crippen molar-refractivity contribution in [2.24, 2.45) is 5.73 Å². The summed E-state index contributed by atoms with van der Waals surface area (Å²) in [6.07, 6.45) is 7.09. The lowest BCUT2D eigenvalue weighted by Gasteiger charge is -2.04. The number of halogens is 1. The van der Waals surface area contributed by atoms with E-state index in [9.17, 15) is 4.79 Å². The predicted octanol–water partition coefficient (Wildman–Crippen LogP) is 3.13. The van der Waals surface area contributed by atoms with Crippen molar-refractivity contribution >= 4 is 29.7 Å². The summed E-state index contributed by atoms with van der Waals surface area (Å²) < 4.78 is 0. The molecule has 0 spiro atoms. The van der Waals surface area contributed by atoms with Crippen LogP contribution in [0.5, 0.6) is 0 Å². The number of thiophene rings is 1. The molecule has 5 heteroatoms. The number of hydrogen-bond acceptors (Lipinski definition) is 3. The lowest BCUT2D eigenvalue weighted by molar-refractivity contribution is -0.121. The molecule has 0 aliphatic rings. The van der Waals surface area contributed by atoms with Crippen molar-refractivity contribution in [3.8, 4) is 0 Å². The summed E-state index contributed by atoms with van der Waals surface area (Å²) in [4.78, 5) is 12.9. The molecule has 0 fully saturated rings. The molecular weight excluding hydrogens is 280 g/mol. The molecule has 0 atom stereocenters. The van der Waals surface area contributed by atoms with Crippen LogP contribution < -0.4 is 11.1 Å². The van der Waals surface area contributed by atoms with Gasteiger partial charge in [0.05, 0.1) is 0 Å².